The van der Waals surface area contributed by atoms with Crippen molar-refractivity contribution in [1.29, 1.82) is 0 Å². The third kappa shape index (κ3) is 4.34. The Kier molecular flexibility index (Phi) is 5.67. The van der Waals surface area contributed by atoms with E-state index in [9.17, 15) is 13.6 Å². The Hall–Kier alpha value is -2.67. The molecule has 1 amide bonds. The highest BCUT2D eigenvalue weighted by Crippen LogP contribution is 2.32. The van der Waals surface area contributed by atoms with Crippen LogP contribution in [0, 0.1) is 0 Å². The third-order valence-electron chi connectivity index (χ3n) is 5.65. The molecule has 2 aromatic carbocycles. The van der Waals surface area contributed by atoms with Gasteiger partial charge in [0, 0.05) is 25.1 Å². The summed E-state index contributed by atoms with van der Waals surface area (Å²) in [5.74, 6) is 0.918. The second-order valence-electron chi connectivity index (χ2n) is 7.44. The highest BCUT2D eigenvalue weighted by atomic mass is 19.3. The van der Waals surface area contributed by atoms with Gasteiger partial charge in [-0.2, -0.15) is 8.78 Å². The summed E-state index contributed by atoms with van der Waals surface area (Å²) in [4.78, 5) is 15.0. The van der Waals surface area contributed by atoms with E-state index in [2.05, 4.69) is 15.0 Å². The van der Waals surface area contributed by atoms with Gasteiger partial charge in [-0.15, -0.1) is 0 Å². The van der Waals surface area contributed by atoms with Gasteiger partial charge in [0.2, 0.25) is 5.91 Å². The number of amides is 1. The minimum atomic E-state index is -2.85. The van der Waals surface area contributed by atoms with Crippen molar-refractivity contribution >= 4 is 5.91 Å². The smallest absolute Gasteiger partial charge is 0.387 e. The average molecular weight is 402 g/mol. The highest BCUT2D eigenvalue weighted by Gasteiger charge is 2.29. The summed E-state index contributed by atoms with van der Waals surface area (Å²) >= 11 is 0. The molecule has 0 saturated heterocycles. The number of para-hydroxylation sites is 1. The van der Waals surface area contributed by atoms with Gasteiger partial charge in [0.25, 0.3) is 0 Å². The van der Waals surface area contributed by atoms with Crippen LogP contribution in [-0.4, -0.2) is 36.6 Å². The lowest BCUT2D eigenvalue weighted by Gasteiger charge is -2.34. The number of carbonyl (C=O) groups is 1. The van der Waals surface area contributed by atoms with E-state index in [1.807, 2.05) is 37.3 Å². The van der Waals surface area contributed by atoms with Crippen molar-refractivity contribution in [2.75, 3.05) is 13.2 Å². The number of ether oxygens (including phenoxy) is 2. The van der Waals surface area contributed by atoms with Crippen molar-refractivity contribution in [2.24, 2.45) is 0 Å². The van der Waals surface area contributed by atoms with Crippen molar-refractivity contribution < 1.29 is 23.0 Å². The minimum Gasteiger partial charge on any atom is -0.493 e. The van der Waals surface area contributed by atoms with Crippen LogP contribution < -0.4 is 14.8 Å². The number of fused-ring (bicyclic) bond motifs is 2. The Bertz CT molecular complexity index is 890. The Morgan fingerprint density at radius 2 is 2.07 bits per heavy atom. The largest absolute Gasteiger partial charge is 0.493 e. The second-order valence-corrected chi connectivity index (χ2v) is 7.44. The predicted molar refractivity (Wildman–Crippen MR) is 104 cm³/mol. The molecule has 0 fully saturated rings. The molecule has 0 unspecified atom stereocenters. The van der Waals surface area contributed by atoms with Gasteiger partial charge in [0.05, 0.1) is 18.7 Å². The molecule has 0 aliphatic carbocycles. The lowest BCUT2D eigenvalue weighted by atomic mass is 9.97. The fourth-order valence-corrected chi connectivity index (χ4v) is 4.01. The summed E-state index contributed by atoms with van der Waals surface area (Å²) in [5.41, 5.74) is 3.02. The van der Waals surface area contributed by atoms with Gasteiger partial charge >= 0.3 is 6.61 Å². The Balaban J connectivity index is 1.43. The molecule has 0 bridgehead atoms. The first kappa shape index (κ1) is 19.6. The molecule has 154 valence electrons. The molecule has 0 spiro atoms. The molecule has 2 aliphatic rings. The lowest BCUT2D eigenvalue weighted by Crippen LogP contribution is -2.48. The molecule has 1 N–H and O–H groups in total. The maximum Gasteiger partial charge on any atom is 0.387 e. The first-order valence-corrected chi connectivity index (χ1v) is 9.84. The summed E-state index contributed by atoms with van der Waals surface area (Å²) in [5, 5.41) is 3.15. The summed E-state index contributed by atoms with van der Waals surface area (Å²) in [6.45, 7) is 0.862. The van der Waals surface area contributed by atoms with Crippen LogP contribution in [0.25, 0.3) is 0 Å². The van der Waals surface area contributed by atoms with Crippen molar-refractivity contribution in [2.45, 2.75) is 45.0 Å². The zero-order chi connectivity index (χ0) is 20.4. The number of benzene rings is 2. The number of hydrogen-bond donors (Lipinski definition) is 1. The van der Waals surface area contributed by atoms with Crippen LogP contribution in [-0.2, 0) is 17.8 Å². The molecule has 2 atom stereocenters. The van der Waals surface area contributed by atoms with Gasteiger partial charge < -0.3 is 14.8 Å². The second kappa shape index (κ2) is 8.37. The van der Waals surface area contributed by atoms with E-state index in [0.717, 1.165) is 41.8 Å². The topological polar surface area (TPSA) is 50.8 Å². The van der Waals surface area contributed by atoms with E-state index in [-0.39, 0.29) is 23.7 Å². The van der Waals surface area contributed by atoms with Crippen molar-refractivity contribution in [3.8, 4) is 11.5 Å². The molecular formula is C22H24F2N2O3. The molecular weight excluding hydrogens is 378 g/mol. The van der Waals surface area contributed by atoms with Gasteiger partial charge in [-0.3, -0.25) is 9.69 Å². The quantitative estimate of drug-likeness (QED) is 0.829. The summed E-state index contributed by atoms with van der Waals surface area (Å²) in [6.07, 6.45) is 1.49. The molecule has 2 aromatic rings. The number of rotatable bonds is 5. The molecule has 5 nitrogen and oxygen atoms in total. The first-order valence-electron chi connectivity index (χ1n) is 9.84. The number of nitrogens with zero attached hydrogens (tertiary/aromatic N) is 1. The Labute approximate surface area is 168 Å². The average Bonchev–Trinajstić information content (AvgIpc) is 2.72. The van der Waals surface area contributed by atoms with E-state index < -0.39 is 6.61 Å². The minimum absolute atomic E-state index is 0.0462. The van der Waals surface area contributed by atoms with E-state index >= 15 is 0 Å². The van der Waals surface area contributed by atoms with E-state index in [4.69, 9.17) is 4.74 Å². The van der Waals surface area contributed by atoms with Crippen LogP contribution >= 0.6 is 0 Å². The van der Waals surface area contributed by atoms with Crippen molar-refractivity contribution in [1.82, 2.24) is 10.2 Å². The zero-order valence-electron chi connectivity index (χ0n) is 16.2. The number of alkyl halides is 2. The van der Waals surface area contributed by atoms with E-state index in [1.165, 1.54) is 0 Å². The molecule has 0 aromatic heterocycles. The van der Waals surface area contributed by atoms with Crippen LogP contribution in [0.4, 0.5) is 8.78 Å². The van der Waals surface area contributed by atoms with Crippen LogP contribution in [0.15, 0.2) is 42.5 Å². The number of carbonyl (C=O) groups excluding carboxylic acids is 1. The van der Waals surface area contributed by atoms with Gasteiger partial charge in [0.15, 0.2) is 0 Å². The molecule has 4 rings (SSSR count). The van der Waals surface area contributed by atoms with Crippen LogP contribution in [0.5, 0.6) is 11.5 Å². The van der Waals surface area contributed by atoms with E-state index in [0.29, 0.717) is 13.2 Å². The van der Waals surface area contributed by atoms with Gasteiger partial charge in [-0.25, -0.2) is 0 Å². The van der Waals surface area contributed by atoms with Gasteiger partial charge in [0.1, 0.15) is 11.5 Å². The van der Waals surface area contributed by atoms with E-state index in [1.54, 1.807) is 12.1 Å². The van der Waals surface area contributed by atoms with Crippen LogP contribution in [0.1, 0.15) is 36.1 Å². The zero-order valence-corrected chi connectivity index (χ0v) is 16.2. The van der Waals surface area contributed by atoms with Crippen molar-refractivity contribution in [3.05, 3.63) is 59.2 Å². The van der Waals surface area contributed by atoms with Gasteiger partial charge in [-0.1, -0.05) is 24.3 Å². The lowest BCUT2D eigenvalue weighted by molar-refractivity contribution is -0.127. The molecule has 7 heteroatoms. The molecule has 0 radical (unpaired) electrons. The maximum absolute atomic E-state index is 12.9. The number of nitrogens with one attached hydrogen (secondary N) is 1. The monoisotopic (exact) mass is 402 g/mol. The summed E-state index contributed by atoms with van der Waals surface area (Å²) in [7, 11) is 0. The number of hydrogen-bond acceptors (Lipinski definition) is 4. The van der Waals surface area contributed by atoms with Crippen LogP contribution in [0.3, 0.4) is 0 Å². The highest BCUT2D eigenvalue weighted by molar-refractivity contribution is 5.82. The van der Waals surface area contributed by atoms with Crippen LogP contribution in [0.2, 0.25) is 0 Å². The predicted octanol–water partition coefficient (Wildman–Crippen LogP) is 3.67. The maximum atomic E-state index is 12.9. The number of halogens is 2. The molecule has 0 saturated carbocycles. The summed E-state index contributed by atoms with van der Waals surface area (Å²) < 4.78 is 35.2. The third-order valence-corrected chi connectivity index (χ3v) is 5.65. The first-order chi connectivity index (χ1) is 14.0. The van der Waals surface area contributed by atoms with Gasteiger partial charge in [-0.05, 0) is 42.7 Å². The standard InChI is InChI=1S/C22H24F2N2O3/c1-14(21(27)25-19-9-11-28-20-5-3-2-4-18(19)20)26-10-8-15-6-7-17(29-22(23)24)12-16(15)13-26/h2-7,12,14,19,22H,8-11,13H2,1H3,(H,25,27)/t14-,19-/m1/s1. The Morgan fingerprint density at radius 3 is 2.90 bits per heavy atom. The van der Waals surface area contributed by atoms with Crippen molar-refractivity contribution in [3.63, 3.8) is 0 Å². The fraction of sp³-hybridized carbons (Fsp3) is 0.409. The Morgan fingerprint density at radius 1 is 1.24 bits per heavy atom. The molecule has 2 heterocycles. The normalized spacial score (nSPS) is 19.7. The SMILES string of the molecule is C[C@H](C(=O)N[C@@H]1CCOc2ccccc21)N1CCc2ccc(OC(F)F)cc2C1. The fourth-order valence-electron chi connectivity index (χ4n) is 4.01. The summed E-state index contributed by atoms with van der Waals surface area (Å²) in [6, 6.07) is 12.4. The molecule has 29 heavy (non-hydrogen) atoms. The molecule has 2 aliphatic heterocycles.